The number of hydrogen-bond donors (Lipinski definition) is 3. The maximum atomic E-state index is 13.2. The summed E-state index contributed by atoms with van der Waals surface area (Å²) in [6.45, 7) is 15.0. The van der Waals surface area contributed by atoms with Crippen molar-refractivity contribution < 1.29 is 43.9 Å². The molecule has 0 aliphatic heterocycles. The smallest absolute Gasteiger partial charge is 0.338 e. The Hall–Kier alpha value is -5.31. The molecule has 0 saturated heterocycles. The summed E-state index contributed by atoms with van der Waals surface area (Å²) in [7, 11) is 0. The van der Waals surface area contributed by atoms with Gasteiger partial charge in [-0.1, -0.05) is 44.0 Å². The molecule has 0 heterocycles. The SMILES string of the molecule is C=C(C)C(=O)Oc1c(O)ccc(C(OC(=O)C(=C)C)(c2ccc(O)cc2)c2ccc(O)cc2)c1OC(=O)C(=C)C. The molecule has 40 heavy (non-hydrogen) atoms. The number of ether oxygens (including phenoxy) is 3. The van der Waals surface area contributed by atoms with E-state index in [0.29, 0.717) is 0 Å². The van der Waals surface area contributed by atoms with Crippen molar-refractivity contribution in [1.82, 2.24) is 0 Å². The summed E-state index contributed by atoms with van der Waals surface area (Å²) < 4.78 is 17.1. The van der Waals surface area contributed by atoms with E-state index in [1.54, 1.807) is 0 Å². The molecule has 0 amide bonds. The molecule has 9 nitrogen and oxygen atoms in total. The van der Waals surface area contributed by atoms with Crippen LogP contribution in [-0.4, -0.2) is 33.2 Å². The van der Waals surface area contributed by atoms with Gasteiger partial charge >= 0.3 is 17.9 Å². The zero-order valence-corrected chi connectivity index (χ0v) is 22.2. The van der Waals surface area contributed by atoms with Gasteiger partial charge in [0, 0.05) is 27.8 Å². The lowest BCUT2D eigenvalue weighted by Crippen LogP contribution is -2.36. The van der Waals surface area contributed by atoms with Gasteiger partial charge in [-0.05, 0) is 57.2 Å². The van der Waals surface area contributed by atoms with Crippen LogP contribution >= 0.6 is 0 Å². The lowest BCUT2D eigenvalue weighted by Gasteiger charge is -2.36. The van der Waals surface area contributed by atoms with Gasteiger partial charge in [-0.25, -0.2) is 14.4 Å². The van der Waals surface area contributed by atoms with Gasteiger partial charge in [-0.3, -0.25) is 0 Å². The van der Waals surface area contributed by atoms with Gasteiger partial charge in [-0.2, -0.15) is 0 Å². The van der Waals surface area contributed by atoms with E-state index in [4.69, 9.17) is 14.2 Å². The maximum absolute atomic E-state index is 13.2. The molecule has 0 radical (unpaired) electrons. The quantitative estimate of drug-likeness (QED) is 0.144. The van der Waals surface area contributed by atoms with E-state index in [0.717, 1.165) is 0 Å². The van der Waals surface area contributed by atoms with E-state index in [1.165, 1.54) is 81.4 Å². The van der Waals surface area contributed by atoms with E-state index in [2.05, 4.69) is 19.7 Å². The molecule has 3 N–H and O–H groups in total. The zero-order valence-electron chi connectivity index (χ0n) is 22.2. The first-order valence-electron chi connectivity index (χ1n) is 11.9. The van der Waals surface area contributed by atoms with Crippen LogP contribution in [0.25, 0.3) is 0 Å². The first-order valence-corrected chi connectivity index (χ1v) is 11.9. The van der Waals surface area contributed by atoms with E-state index in [9.17, 15) is 29.7 Å². The first-order chi connectivity index (χ1) is 18.8. The van der Waals surface area contributed by atoms with Crippen LogP contribution in [0, 0.1) is 0 Å². The highest BCUT2D eigenvalue weighted by atomic mass is 16.6. The number of esters is 3. The van der Waals surface area contributed by atoms with Crippen molar-refractivity contribution in [2.45, 2.75) is 26.4 Å². The molecule has 0 aromatic heterocycles. The lowest BCUT2D eigenvalue weighted by molar-refractivity contribution is -0.148. The fraction of sp³-hybridized carbons (Fsp3) is 0.129. The minimum absolute atomic E-state index is 0.0148. The second kappa shape index (κ2) is 11.6. The van der Waals surface area contributed by atoms with E-state index in [-0.39, 0.29) is 44.9 Å². The number of hydrogen-bond acceptors (Lipinski definition) is 9. The Bertz CT molecular complexity index is 1470. The van der Waals surface area contributed by atoms with Crippen LogP contribution in [-0.2, 0) is 24.7 Å². The summed E-state index contributed by atoms with van der Waals surface area (Å²) in [6.07, 6.45) is 0. The number of benzene rings is 3. The molecule has 3 aromatic carbocycles. The predicted octanol–water partition coefficient (Wildman–Crippen LogP) is 5.18. The molecule has 0 spiro atoms. The third kappa shape index (κ3) is 5.88. The molecule has 3 rings (SSSR count). The Morgan fingerprint density at radius 2 is 1.00 bits per heavy atom. The van der Waals surface area contributed by atoms with Crippen LogP contribution in [0.15, 0.2) is 97.1 Å². The minimum Gasteiger partial charge on any atom is -0.508 e. The number of carbonyl (C=O) groups is 3. The molecular formula is C31H28O9. The fourth-order valence-corrected chi connectivity index (χ4v) is 3.66. The summed E-state index contributed by atoms with van der Waals surface area (Å²) in [5.74, 6) is -4.48. The topological polar surface area (TPSA) is 140 Å². The van der Waals surface area contributed by atoms with Crippen molar-refractivity contribution in [1.29, 1.82) is 0 Å². The lowest BCUT2D eigenvalue weighted by atomic mass is 9.79. The number of rotatable bonds is 9. The molecule has 0 fully saturated rings. The molecule has 0 atom stereocenters. The van der Waals surface area contributed by atoms with Crippen molar-refractivity contribution in [3.8, 4) is 28.7 Å². The Morgan fingerprint density at radius 3 is 1.40 bits per heavy atom. The van der Waals surface area contributed by atoms with Crippen molar-refractivity contribution >= 4 is 17.9 Å². The largest absolute Gasteiger partial charge is 0.508 e. The van der Waals surface area contributed by atoms with Gasteiger partial charge < -0.3 is 29.5 Å². The normalized spacial score (nSPS) is 10.8. The van der Waals surface area contributed by atoms with Gasteiger partial charge in [0.15, 0.2) is 17.1 Å². The minimum atomic E-state index is -1.97. The van der Waals surface area contributed by atoms with Crippen LogP contribution in [0.4, 0.5) is 0 Å². The Balaban J connectivity index is 2.55. The summed E-state index contributed by atoms with van der Waals surface area (Å²) in [6, 6.07) is 13.7. The molecule has 0 bridgehead atoms. The number of phenolic OH excluding ortho intramolecular Hbond substituents is 3. The van der Waals surface area contributed by atoms with Crippen LogP contribution in [0.3, 0.4) is 0 Å². The van der Waals surface area contributed by atoms with Crippen molar-refractivity contribution in [2.75, 3.05) is 0 Å². The molecule has 0 aliphatic carbocycles. The van der Waals surface area contributed by atoms with Crippen LogP contribution < -0.4 is 9.47 Å². The summed E-state index contributed by atoms with van der Waals surface area (Å²) in [4.78, 5) is 38.5. The van der Waals surface area contributed by atoms with Crippen LogP contribution in [0.5, 0.6) is 28.7 Å². The molecule has 3 aromatic rings. The number of aromatic hydroxyl groups is 3. The summed E-state index contributed by atoms with van der Waals surface area (Å²) >= 11 is 0. The van der Waals surface area contributed by atoms with E-state index < -0.39 is 40.8 Å². The molecule has 0 unspecified atom stereocenters. The highest BCUT2D eigenvalue weighted by Crippen LogP contribution is 2.51. The standard InChI is InChI=1S/C31H28O9/c1-17(2)28(35)38-26-24(15-16-25(34)27(26)39-29(36)18(3)4)31(40-30(37)19(5)6,20-7-11-22(32)12-8-20)21-9-13-23(33)14-10-21/h7-16,32-34H,1,3,5H2,2,4,6H3. The van der Waals surface area contributed by atoms with Crippen molar-refractivity contribution in [3.63, 3.8) is 0 Å². The maximum Gasteiger partial charge on any atom is 0.338 e. The van der Waals surface area contributed by atoms with Gasteiger partial charge in [-0.15, -0.1) is 0 Å². The average Bonchev–Trinajstić information content (AvgIpc) is 2.90. The monoisotopic (exact) mass is 544 g/mol. The highest BCUT2D eigenvalue weighted by molar-refractivity contribution is 5.92. The van der Waals surface area contributed by atoms with E-state index in [1.807, 2.05) is 0 Å². The third-order valence-corrected chi connectivity index (χ3v) is 5.70. The Kier molecular flexibility index (Phi) is 8.49. The second-order valence-electron chi connectivity index (χ2n) is 9.07. The van der Waals surface area contributed by atoms with Crippen LogP contribution in [0.2, 0.25) is 0 Å². The van der Waals surface area contributed by atoms with E-state index >= 15 is 0 Å². The van der Waals surface area contributed by atoms with Gasteiger partial charge in [0.2, 0.25) is 5.75 Å². The molecule has 9 heteroatoms. The fourth-order valence-electron chi connectivity index (χ4n) is 3.66. The zero-order chi connectivity index (χ0) is 29.8. The first kappa shape index (κ1) is 29.2. The average molecular weight is 545 g/mol. The van der Waals surface area contributed by atoms with Crippen molar-refractivity contribution in [3.05, 3.63) is 114 Å². The molecule has 0 saturated carbocycles. The number of carbonyl (C=O) groups excluding carboxylic acids is 3. The Morgan fingerprint density at radius 1 is 0.600 bits per heavy atom. The van der Waals surface area contributed by atoms with Gasteiger partial charge in [0.1, 0.15) is 11.5 Å². The van der Waals surface area contributed by atoms with Gasteiger partial charge in [0.25, 0.3) is 0 Å². The molecular weight excluding hydrogens is 516 g/mol. The van der Waals surface area contributed by atoms with Crippen LogP contribution in [0.1, 0.15) is 37.5 Å². The molecule has 206 valence electrons. The third-order valence-electron chi connectivity index (χ3n) is 5.70. The summed E-state index contributed by atoms with van der Waals surface area (Å²) in [5.41, 5.74) is -1.54. The summed E-state index contributed by atoms with van der Waals surface area (Å²) in [5, 5.41) is 30.7. The predicted molar refractivity (Wildman–Crippen MR) is 146 cm³/mol. The van der Waals surface area contributed by atoms with Gasteiger partial charge in [0.05, 0.1) is 5.56 Å². The molecule has 0 aliphatic rings. The highest BCUT2D eigenvalue weighted by Gasteiger charge is 2.45. The Labute approximate surface area is 230 Å². The second-order valence-corrected chi connectivity index (χ2v) is 9.07. The number of phenols is 3. The van der Waals surface area contributed by atoms with Crippen molar-refractivity contribution in [2.24, 2.45) is 0 Å².